The first-order valence-corrected chi connectivity index (χ1v) is 1.64. The fraction of sp³-hybridized carbons (Fsp3) is 0. The van der Waals surface area contributed by atoms with Gasteiger partial charge in [-0.1, -0.05) is 12.2 Å². The van der Waals surface area contributed by atoms with Crippen LogP contribution in [0.2, 0.25) is 0 Å². The fourth-order valence-electron chi connectivity index (χ4n) is 0. The van der Waals surface area contributed by atoms with E-state index in [0.717, 1.165) is 0 Å². The van der Waals surface area contributed by atoms with Gasteiger partial charge in [0.1, 0.15) is 0 Å². The zero-order chi connectivity index (χ0) is 3.58. The van der Waals surface area contributed by atoms with E-state index >= 15 is 0 Å². The molecule has 1 radical (unpaired) electrons. The number of hydrogen-bond acceptors (Lipinski definition) is 1. The molecule has 0 amide bonds. The summed E-state index contributed by atoms with van der Waals surface area (Å²) in [5.41, 5.74) is 0. The highest BCUT2D eigenvalue weighted by atomic mass is 32.1. The molecule has 0 fully saturated rings. The molecule has 4 heavy (non-hydrogen) atoms. The van der Waals surface area contributed by atoms with E-state index in [0.29, 0.717) is 4.20 Å². The lowest BCUT2D eigenvalue weighted by Gasteiger charge is -1.60. The number of thiocarbonyl (C=S) groups is 1. The van der Waals surface area contributed by atoms with E-state index in [1.165, 1.54) is 0 Å². The second kappa shape index (κ2) is 1.73. The predicted octanol–water partition coefficient (Wildman–Crippen LogP) is 1.08. The molecule has 0 nitrogen and oxygen atoms in total. The van der Waals surface area contributed by atoms with Gasteiger partial charge in [-0.2, -0.15) is 0 Å². The third-order valence-electron chi connectivity index (χ3n) is 0. The van der Waals surface area contributed by atoms with Crippen molar-refractivity contribution in [1.29, 1.82) is 0 Å². The summed E-state index contributed by atoms with van der Waals surface area (Å²) in [5, 5.41) is 0. The molecule has 0 atom stereocenters. The van der Waals surface area contributed by atoms with Gasteiger partial charge in [0.2, 0.25) is 0 Å². The molecule has 0 saturated carbocycles. The SMILES string of the molecule is [CH2]C(=S)S. The first-order chi connectivity index (χ1) is 1.73. The summed E-state index contributed by atoms with van der Waals surface area (Å²) in [4.78, 5) is 0. The third-order valence-corrected chi connectivity index (χ3v) is 0. The normalized spacial score (nSPS) is 6.50. The Hall–Kier alpha value is 0.440. The first kappa shape index (κ1) is 4.44. The Bertz CT molecular complexity index is 27.0. The molecular weight excluding hydrogens is 88.2 g/mol. The third kappa shape index (κ3) is 26.1. The molecule has 0 unspecified atom stereocenters. The lowest BCUT2D eigenvalue weighted by atomic mass is 11.0. The van der Waals surface area contributed by atoms with Crippen LogP contribution >= 0.6 is 24.8 Å². The molecule has 0 aromatic heterocycles. The van der Waals surface area contributed by atoms with Crippen LogP contribution in [0, 0.1) is 6.92 Å². The van der Waals surface area contributed by atoms with E-state index in [4.69, 9.17) is 0 Å². The van der Waals surface area contributed by atoms with Gasteiger partial charge >= 0.3 is 0 Å². The number of thiol groups is 1. The van der Waals surface area contributed by atoms with Crippen molar-refractivity contribution in [2.45, 2.75) is 0 Å². The Morgan fingerprint density at radius 1 is 2.00 bits per heavy atom. The highest BCUT2D eigenvalue weighted by Crippen LogP contribution is 1.73. The van der Waals surface area contributed by atoms with E-state index in [2.05, 4.69) is 31.8 Å². The van der Waals surface area contributed by atoms with Crippen molar-refractivity contribution >= 4 is 29.0 Å². The van der Waals surface area contributed by atoms with Crippen LogP contribution < -0.4 is 0 Å². The molecule has 0 aliphatic heterocycles. The molecule has 0 aliphatic rings. The molecule has 0 heterocycles. The lowest BCUT2D eigenvalue weighted by Crippen LogP contribution is -1.56. The van der Waals surface area contributed by atoms with Gasteiger partial charge < -0.3 is 0 Å². The highest BCUT2D eigenvalue weighted by molar-refractivity contribution is 8.11. The minimum atomic E-state index is 0.444. The van der Waals surface area contributed by atoms with E-state index in [1.54, 1.807) is 0 Å². The maximum absolute atomic E-state index is 4.29. The van der Waals surface area contributed by atoms with Crippen LogP contribution in [0.5, 0.6) is 0 Å². The van der Waals surface area contributed by atoms with Gasteiger partial charge in [-0.05, 0) is 6.92 Å². The number of hydrogen-bond donors (Lipinski definition) is 1. The predicted molar refractivity (Wildman–Crippen MR) is 26.9 cm³/mol. The Morgan fingerprint density at radius 3 is 2.00 bits per heavy atom. The van der Waals surface area contributed by atoms with Crippen molar-refractivity contribution in [3.05, 3.63) is 6.92 Å². The van der Waals surface area contributed by atoms with Gasteiger partial charge in [0.25, 0.3) is 0 Å². The molecule has 0 aromatic carbocycles. The standard InChI is InChI=1S/C2H3S2/c1-2(3)4/h1H2,(H,3,4). The summed E-state index contributed by atoms with van der Waals surface area (Å²) in [6.07, 6.45) is 0. The van der Waals surface area contributed by atoms with Crippen LogP contribution in [0.1, 0.15) is 0 Å². The Balaban J connectivity index is 2.80. The fourth-order valence-corrected chi connectivity index (χ4v) is 0. The van der Waals surface area contributed by atoms with E-state index in [1.807, 2.05) is 0 Å². The Morgan fingerprint density at radius 2 is 2.00 bits per heavy atom. The minimum Gasteiger partial charge on any atom is -0.136 e. The largest absolute Gasteiger partial charge is 0.136 e. The van der Waals surface area contributed by atoms with Crippen molar-refractivity contribution in [2.75, 3.05) is 0 Å². The molecule has 0 aromatic rings. The molecule has 0 N–H and O–H groups in total. The first-order valence-electron chi connectivity index (χ1n) is 0.781. The van der Waals surface area contributed by atoms with Gasteiger partial charge in [-0.15, -0.1) is 12.6 Å². The molecule has 23 valence electrons. The van der Waals surface area contributed by atoms with Crippen LogP contribution in [0.25, 0.3) is 0 Å². The molecule has 0 spiro atoms. The quantitative estimate of drug-likeness (QED) is 0.344. The maximum Gasteiger partial charge on any atom is 0.0451 e. The second-order valence-electron chi connectivity index (χ2n) is 0.394. The topological polar surface area (TPSA) is 0 Å². The van der Waals surface area contributed by atoms with Gasteiger partial charge in [0, 0.05) is 4.20 Å². The molecule has 0 bridgehead atoms. The molecule has 0 saturated heterocycles. The van der Waals surface area contributed by atoms with E-state index in [-0.39, 0.29) is 0 Å². The van der Waals surface area contributed by atoms with Gasteiger partial charge in [-0.25, -0.2) is 0 Å². The van der Waals surface area contributed by atoms with Crippen LogP contribution in [0.15, 0.2) is 0 Å². The Labute approximate surface area is 36.6 Å². The summed E-state index contributed by atoms with van der Waals surface area (Å²) in [6.45, 7) is 3.23. The lowest BCUT2D eigenvalue weighted by molar-refractivity contribution is 2.73. The van der Waals surface area contributed by atoms with Crippen LogP contribution in [-0.4, -0.2) is 4.20 Å². The van der Waals surface area contributed by atoms with Gasteiger partial charge in [0.15, 0.2) is 0 Å². The number of rotatable bonds is 0. The maximum atomic E-state index is 4.29. The molecular formula is C2H3S2. The summed E-state index contributed by atoms with van der Waals surface area (Å²) in [6, 6.07) is 0. The highest BCUT2D eigenvalue weighted by Gasteiger charge is 1.57. The average molecular weight is 91.2 g/mol. The zero-order valence-corrected chi connectivity index (χ0v) is 3.77. The van der Waals surface area contributed by atoms with Crippen LogP contribution in [0.4, 0.5) is 0 Å². The Kier molecular flexibility index (Phi) is 1.92. The van der Waals surface area contributed by atoms with Crippen molar-refractivity contribution in [3.63, 3.8) is 0 Å². The van der Waals surface area contributed by atoms with Crippen LogP contribution in [-0.2, 0) is 0 Å². The molecule has 0 rings (SSSR count). The molecule has 2 heteroatoms. The van der Waals surface area contributed by atoms with Crippen molar-refractivity contribution in [3.8, 4) is 0 Å². The summed E-state index contributed by atoms with van der Waals surface area (Å²) in [5.74, 6) is 0. The van der Waals surface area contributed by atoms with Crippen LogP contribution in [0.3, 0.4) is 0 Å². The average Bonchev–Trinajstić information content (AvgIpc) is 0.811. The van der Waals surface area contributed by atoms with Gasteiger partial charge in [-0.3, -0.25) is 0 Å². The summed E-state index contributed by atoms with van der Waals surface area (Å²) >= 11 is 7.88. The minimum absolute atomic E-state index is 0.444. The monoisotopic (exact) mass is 91.0 g/mol. The van der Waals surface area contributed by atoms with Crippen molar-refractivity contribution in [2.24, 2.45) is 0 Å². The molecule has 0 aliphatic carbocycles. The van der Waals surface area contributed by atoms with E-state index in [9.17, 15) is 0 Å². The zero-order valence-electron chi connectivity index (χ0n) is 2.06. The summed E-state index contributed by atoms with van der Waals surface area (Å²) < 4.78 is 0.444. The van der Waals surface area contributed by atoms with Crippen molar-refractivity contribution < 1.29 is 0 Å². The van der Waals surface area contributed by atoms with E-state index < -0.39 is 0 Å². The van der Waals surface area contributed by atoms with Crippen molar-refractivity contribution in [1.82, 2.24) is 0 Å². The van der Waals surface area contributed by atoms with Gasteiger partial charge in [0.05, 0.1) is 0 Å². The second-order valence-corrected chi connectivity index (χ2v) is 1.73. The smallest absolute Gasteiger partial charge is 0.0451 e. The summed E-state index contributed by atoms with van der Waals surface area (Å²) in [7, 11) is 0.